The predicted octanol–water partition coefficient (Wildman–Crippen LogP) is 0.841. The van der Waals surface area contributed by atoms with Crippen molar-refractivity contribution in [2.24, 2.45) is 5.84 Å². The molecule has 2 rings (SSSR count). The number of hydrogen-bond acceptors (Lipinski definition) is 6. The van der Waals surface area contributed by atoms with Gasteiger partial charge in [-0.2, -0.15) is 0 Å². The van der Waals surface area contributed by atoms with Gasteiger partial charge in [0.1, 0.15) is 22.2 Å². The molecule has 0 atom stereocenters. The first-order chi connectivity index (χ1) is 9.44. The summed E-state index contributed by atoms with van der Waals surface area (Å²) in [5.74, 6) is 2.97. The molecule has 0 amide bonds. The molecule has 1 aromatic carbocycles. The average molecular weight is 301 g/mol. The lowest BCUT2D eigenvalue weighted by molar-refractivity contribution is 0.582. The zero-order valence-electron chi connectivity index (χ0n) is 9.84. The van der Waals surface area contributed by atoms with E-state index in [9.17, 15) is 17.2 Å². The lowest BCUT2D eigenvalue weighted by Crippen LogP contribution is -2.17. The summed E-state index contributed by atoms with van der Waals surface area (Å²) < 4.78 is 52.4. The van der Waals surface area contributed by atoms with Gasteiger partial charge in [0.15, 0.2) is 0 Å². The highest BCUT2D eigenvalue weighted by Gasteiger charge is 2.19. The molecule has 20 heavy (non-hydrogen) atoms. The first-order valence-corrected chi connectivity index (χ1v) is 6.68. The van der Waals surface area contributed by atoms with Crippen LogP contribution in [0.2, 0.25) is 0 Å². The van der Waals surface area contributed by atoms with Crippen molar-refractivity contribution in [3.63, 3.8) is 0 Å². The summed E-state index contributed by atoms with van der Waals surface area (Å²) >= 11 is 0. The second-order valence-corrected chi connectivity index (χ2v) is 5.27. The topological polar surface area (TPSA) is 110 Å². The Balaban J connectivity index is 2.35. The number of hydrazine groups is 1. The Morgan fingerprint density at radius 1 is 1.10 bits per heavy atom. The average Bonchev–Trinajstić information content (AvgIpc) is 2.43. The number of nitrogen functional groups attached to an aromatic ring is 1. The highest BCUT2D eigenvalue weighted by Crippen LogP contribution is 2.21. The van der Waals surface area contributed by atoms with Crippen molar-refractivity contribution >= 4 is 21.7 Å². The quantitative estimate of drug-likeness (QED) is 0.570. The zero-order valence-corrected chi connectivity index (χ0v) is 10.7. The number of benzene rings is 1. The zero-order chi connectivity index (χ0) is 14.8. The molecule has 1 heterocycles. The minimum Gasteiger partial charge on any atom is -0.292 e. The van der Waals surface area contributed by atoms with Crippen molar-refractivity contribution in [3.05, 3.63) is 42.2 Å². The number of nitrogens with one attached hydrogen (secondary N) is 2. The largest absolute Gasteiger partial charge is 0.292 e. The second-order valence-electron chi connectivity index (χ2n) is 3.59. The molecule has 0 saturated carbocycles. The number of rotatable bonds is 4. The first kappa shape index (κ1) is 14.1. The summed E-state index contributed by atoms with van der Waals surface area (Å²) in [4.78, 5) is 6.83. The van der Waals surface area contributed by atoms with Gasteiger partial charge in [-0.25, -0.2) is 33.0 Å². The number of nitrogens with zero attached hydrogens (tertiary/aromatic N) is 2. The van der Waals surface area contributed by atoms with E-state index in [4.69, 9.17) is 5.84 Å². The van der Waals surface area contributed by atoms with E-state index < -0.39 is 27.3 Å². The molecule has 2 aromatic rings. The molecule has 0 radical (unpaired) electrons. The summed E-state index contributed by atoms with van der Waals surface area (Å²) in [6.45, 7) is 0. The number of anilines is 2. The Morgan fingerprint density at radius 3 is 2.15 bits per heavy atom. The normalized spacial score (nSPS) is 11.2. The van der Waals surface area contributed by atoms with E-state index >= 15 is 0 Å². The van der Waals surface area contributed by atoms with Crippen molar-refractivity contribution in [2.75, 3.05) is 10.1 Å². The van der Waals surface area contributed by atoms with Crippen LogP contribution in [0.4, 0.5) is 20.4 Å². The van der Waals surface area contributed by atoms with E-state index in [2.05, 4.69) is 15.4 Å². The molecule has 0 spiro atoms. The Labute approximate surface area is 112 Å². The van der Waals surface area contributed by atoms with Crippen LogP contribution in [0.1, 0.15) is 0 Å². The van der Waals surface area contributed by atoms with Crippen LogP contribution in [-0.2, 0) is 10.0 Å². The molecule has 0 fully saturated rings. The van der Waals surface area contributed by atoms with E-state index in [-0.39, 0.29) is 10.8 Å². The fourth-order valence-electron chi connectivity index (χ4n) is 1.32. The molecule has 0 aliphatic heterocycles. The van der Waals surface area contributed by atoms with Gasteiger partial charge in [-0.05, 0) is 12.1 Å². The second kappa shape index (κ2) is 5.35. The first-order valence-electron chi connectivity index (χ1n) is 5.19. The molecule has 0 aliphatic rings. The van der Waals surface area contributed by atoms with Crippen LogP contribution in [-0.4, -0.2) is 18.4 Å². The van der Waals surface area contributed by atoms with E-state index in [0.717, 1.165) is 30.6 Å². The summed E-state index contributed by atoms with van der Waals surface area (Å²) in [6.07, 6.45) is 1.90. The maximum absolute atomic E-state index is 13.4. The van der Waals surface area contributed by atoms with E-state index in [0.29, 0.717) is 0 Å². The molecular weight excluding hydrogens is 292 g/mol. The van der Waals surface area contributed by atoms with Crippen molar-refractivity contribution in [2.45, 2.75) is 4.90 Å². The van der Waals surface area contributed by atoms with Crippen LogP contribution in [0.25, 0.3) is 0 Å². The molecule has 4 N–H and O–H groups in total. The van der Waals surface area contributed by atoms with Gasteiger partial charge in [0.25, 0.3) is 10.0 Å². The Bertz CT molecular complexity index is 701. The number of para-hydroxylation sites is 1. The van der Waals surface area contributed by atoms with Crippen LogP contribution in [0.5, 0.6) is 0 Å². The van der Waals surface area contributed by atoms with Crippen LogP contribution in [0, 0.1) is 11.6 Å². The van der Waals surface area contributed by atoms with Crippen LogP contribution >= 0.6 is 0 Å². The molecule has 0 saturated heterocycles. The summed E-state index contributed by atoms with van der Waals surface area (Å²) in [6, 6.07) is 2.98. The summed E-state index contributed by atoms with van der Waals surface area (Å²) in [5.41, 5.74) is 1.35. The molecule has 1 aromatic heterocycles. The molecular formula is C10H9F2N5O2S. The Hall–Kier alpha value is -2.33. The van der Waals surface area contributed by atoms with E-state index in [1.165, 1.54) is 0 Å². The monoisotopic (exact) mass is 301 g/mol. The Morgan fingerprint density at radius 2 is 1.65 bits per heavy atom. The fraction of sp³-hybridized carbons (Fsp3) is 0. The summed E-state index contributed by atoms with van der Waals surface area (Å²) in [5, 5.41) is 0. The van der Waals surface area contributed by atoms with Crippen LogP contribution < -0.4 is 16.0 Å². The highest BCUT2D eigenvalue weighted by molar-refractivity contribution is 7.92. The van der Waals surface area contributed by atoms with Gasteiger partial charge in [-0.15, -0.1) is 0 Å². The lowest BCUT2D eigenvalue weighted by atomic mass is 10.3. The van der Waals surface area contributed by atoms with Gasteiger partial charge in [-0.3, -0.25) is 10.1 Å². The van der Waals surface area contributed by atoms with Gasteiger partial charge < -0.3 is 0 Å². The molecule has 0 bridgehead atoms. The van der Waals surface area contributed by atoms with Gasteiger partial charge in [0.2, 0.25) is 5.95 Å². The molecule has 0 unspecified atom stereocenters. The third-order valence-electron chi connectivity index (χ3n) is 2.27. The van der Waals surface area contributed by atoms with Crippen molar-refractivity contribution < 1.29 is 17.2 Å². The maximum Gasteiger partial charge on any atom is 0.265 e. The smallest absolute Gasteiger partial charge is 0.265 e. The third kappa shape index (κ3) is 2.81. The lowest BCUT2D eigenvalue weighted by Gasteiger charge is -2.09. The van der Waals surface area contributed by atoms with Crippen molar-refractivity contribution in [3.8, 4) is 0 Å². The molecule has 7 nitrogen and oxygen atoms in total. The minimum absolute atomic E-state index is 0.000947. The standard InChI is InChI=1S/C10H9F2N5O2S/c11-7-2-1-3-8(12)9(7)17-20(18,19)6-4-14-10(16-13)15-5-6/h1-5,17H,13H2,(H,14,15,16). The van der Waals surface area contributed by atoms with E-state index in [1.54, 1.807) is 4.72 Å². The number of halogens is 2. The number of sulfonamides is 1. The third-order valence-corrected chi connectivity index (χ3v) is 3.57. The fourth-order valence-corrected chi connectivity index (χ4v) is 2.28. The maximum atomic E-state index is 13.4. The molecule has 0 aliphatic carbocycles. The van der Waals surface area contributed by atoms with Crippen LogP contribution in [0.3, 0.4) is 0 Å². The molecule has 106 valence electrons. The predicted molar refractivity (Wildman–Crippen MR) is 67.0 cm³/mol. The van der Waals surface area contributed by atoms with Crippen LogP contribution in [0.15, 0.2) is 35.5 Å². The highest BCUT2D eigenvalue weighted by atomic mass is 32.2. The Kier molecular flexibility index (Phi) is 3.77. The summed E-state index contributed by atoms with van der Waals surface area (Å²) in [7, 11) is -4.21. The van der Waals surface area contributed by atoms with Crippen molar-refractivity contribution in [1.82, 2.24) is 9.97 Å². The minimum atomic E-state index is -4.21. The van der Waals surface area contributed by atoms with Crippen molar-refractivity contribution in [1.29, 1.82) is 0 Å². The van der Waals surface area contributed by atoms with E-state index in [1.807, 2.05) is 0 Å². The van der Waals surface area contributed by atoms with Gasteiger partial charge in [0, 0.05) is 0 Å². The van der Waals surface area contributed by atoms with Gasteiger partial charge >= 0.3 is 0 Å². The van der Waals surface area contributed by atoms with Gasteiger partial charge in [0.05, 0.1) is 12.4 Å². The number of hydrogen-bond donors (Lipinski definition) is 3. The number of nitrogens with two attached hydrogens (primary N) is 1. The number of aromatic nitrogens is 2. The van der Waals surface area contributed by atoms with Gasteiger partial charge in [-0.1, -0.05) is 6.07 Å². The molecule has 10 heteroatoms. The SMILES string of the molecule is NNc1ncc(S(=O)(=O)Nc2c(F)cccc2F)cn1.